The van der Waals surface area contributed by atoms with Crippen molar-refractivity contribution < 1.29 is 14.3 Å². The number of aryl methyl sites for hydroxylation is 2. The number of oxazole rings is 1. The molecular formula is C14H14Cl2N2O3. The second-order valence-electron chi connectivity index (χ2n) is 4.57. The van der Waals surface area contributed by atoms with Crippen LogP contribution in [0.15, 0.2) is 22.6 Å². The predicted octanol–water partition coefficient (Wildman–Crippen LogP) is 2.95. The average Bonchev–Trinajstić information content (AvgIpc) is 2.73. The molecule has 1 aromatic heterocycles. The van der Waals surface area contributed by atoms with Crippen molar-refractivity contribution in [3.05, 3.63) is 51.2 Å². The van der Waals surface area contributed by atoms with E-state index in [1.807, 2.05) is 6.92 Å². The van der Waals surface area contributed by atoms with Crippen LogP contribution in [0.2, 0.25) is 10.0 Å². The van der Waals surface area contributed by atoms with Crippen LogP contribution in [0.1, 0.15) is 29.0 Å². The van der Waals surface area contributed by atoms with E-state index in [0.29, 0.717) is 27.3 Å². The lowest BCUT2D eigenvalue weighted by molar-refractivity contribution is -0.129. The van der Waals surface area contributed by atoms with Crippen molar-refractivity contribution in [2.45, 2.75) is 26.5 Å². The summed E-state index contributed by atoms with van der Waals surface area (Å²) in [5, 5.41) is 13.2. The van der Waals surface area contributed by atoms with Crippen LogP contribution in [0.25, 0.3) is 0 Å². The van der Waals surface area contributed by atoms with Crippen LogP contribution < -0.4 is 5.32 Å². The number of carbonyl (C=O) groups excluding carboxylic acids is 1. The maximum Gasteiger partial charge on any atom is 0.253 e. The van der Waals surface area contributed by atoms with E-state index in [1.165, 1.54) is 18.2 Å². The molecule has 2 N–H and O–H groups in total. The molecule has 0 radical (unpaired) electrons. The van der Waals surface area contributed by atoms with Gasteiger partial charge < -0.3 is 14.8 Å². The maximum atomic E-state index is 11.9. The van der Waals surface area contributed by atoms with Crippen LogP contribution in [-0.4, -0.2) is 16.0 Å². The van der Waals surface area contributed by atoms with Gasteiger partial charge in [-0.25, -0.2) is 4.98 Å². The number of hydrogen-bond acceptors (Lipinski definition) is 4. The lowest BCUT2D eigenvalue weighted by Gasteiger charge is -2.11. The topological polar surface area (TPSA) is 75.4 Å². The molecule has 1 aromatic carbocycles. The molecule has 0 aliphatic rings. The molecule has 0 aliphatic heterocycles. The Kier molecular flexibility index (Phi) is 4.88. The van der Waals surface area contributed by atoms with Crippen molar-refractivity contribution in [3.63, 3.8) is 0 Å². The third-order valence-corrected chi connectivity index (χ3v) is 3.37. The Morgan fingerprint density at radius 3 is 2.48 bits per heavy atom. The van der Waals surface area contributed by atoms with Gasteiger partial charge >= 0.3 is 0 Å². The number of benzene rings is 1. The molecule has 112 valence electrons. The van der Waals surface area contributed by atoms with Crippen molar-refractivity contribution in [1.29, 1.82) is 0 Å². The summed E-state index contributed by atoms with van der Waals surface area (Å²) in [4.78, 5) is 16.1. The summed E-state index contributed by atoms with van der Waals surface area (Å²) in [6, 6.07) is 4.49. The number of aromatic nitrogens is 1. The van der Waals surface area contributed by atoms with Crippen molar-refractivity contribution >= 4 is 29.1 Å². The van der Waals surface area contributed by atoms with Gasteiger partial charge in [-0.15, -0.1) is 0 Å². The molecule has 21 heavy (non-hydrogen) atoms. The van der Waals surface area contributed by atoms with E-state index in [4.69, 9.17) is 27.6 Å². The first-order valence-corrected chi connectivity index (χ1v) is 6.97. The molecule has 0 saturated heterocycles. The molecule has 1 atom stereocenters. The normalized spacial score (nSPS) is 12.2. The van der Waals surface area contributed by atoms with Gasteiger partial charge in [0.2, 0.25) is 5.89 Å². The summed E-state index contributed by atoms with van der Waals surface area (Å²) in [5.41, 5.74) is 1.09. The first kappa shape index (κ1) is 15.8. The Balaban J connectivity index is 2.02. The van der Waals surface area contributed by atoms with Gasteiger partial charge in [0.15, 0.2) is 6.10 Å². The van der Waals surface area contributed by atoms with Crippen LogP contribution >= 0.6 is 23.2 Å². The summed E-state index contributed by atoms with van der Waals surface area (Å²) < 4.78 is 5.34. The van der Waals surface area contributed by atoms with Gasteiger partial charge in [0.05, 0.1) is 12.2 Å². The number of aliphatic hydroxyl groups excluding tert-OH is 1. The maximum absolute atomic E-state index is 11.9. The van der Waals surface area contributed by atoms with E-state index >= 15 is 0 Å². The van der Waals surface area contributed by atoms with Gasteiger partial charge in [0, 0.05) is 10.0 Å². The van der Waals surface area contributed by atoms with Gasteiger partial charge in [-0.2, -0.15) is 0 Å². The summed E-state index contributed by atoms with van der Waals surface area (Å²) in [6.07, 6.45) is -1.36. The van der Waals surface area contributed by atoms with Crippen LogP contribution in [0.3, 0.4) is 0 Å². The van der Waals surface area contributed by atoms with Gasteiger partial charge in [-0.1, -0.05) is 23.2 Å². The minimum Gasteiger partial charge on any atom is -0.444 e. The highest BCUT2D eigenvalue weighted by Crippen LogP contribution is 2.23. The van der Waals surface area contributed by atoms with E-state index in [2.05, 4.69) is 10.3 Å². The quantitative estimate of drug-likeness (QED) is 0.904. The van der Waals surface area contributed by atoms with Crippen molar-refractivity contribution in [2.75, 3.05) is 0 Å². The molecule has 0 saturated carbocycles. The molecule has 1 heterocycles. The molecule has 7 heteroatoms. The van der Waals surface area contributed by atoms with Gasteiger partial charge in [0.25, 0.3) is 5.91 Å². The lowest BCUT2D eigenvalue weighted by Crippen LogP contribution is -2.29. The van der Waals surface area contributed by atoms with E-state index in [1.54, 1.807) is 6.92 Å². The molecular weight excluding hydrogens is 315 g/mol. The third kappa shape index (κ3) is 3.97. The van der Waals surface area contributed by atoms with Crippen LogP contribution in [0.4, 0.5) is 0 Å². The fourth-order valence-electron chi connectivity index (χ4n) is 1.76. The van der Waals surface area contributed by atoms with Crippen molar-refractivity contribution in [1.82, 2.24) is 10.3 Å². The smallest absolute Gasteiger partial charge is 0.253 e. The molecule has 2 rings (SSSR count). The average molecular weight is 329 g/mol. The zero-order chi connectivity index (χ0) is 15.6. The van der Waals surface area contributed by atoms with Gasteiger partial charge in [0.1, 0.15) is 5.76 Å². The SMILES string of the molecule is Cc1nc(CNC(=O)C(O)c2cc(Cl)cc(Cl)c2)oc1C. The van der Waals surface area contributed by atoms with Gasteiger partial charge in [-0.05, 0) is 37.6 Å². The third-order valence-electron chi connectivity index (χ3n) is 2.94. The first-order chi connectivity index (χ1) is 9.86. The molecule has 0 aliphatic carbocycles. The highest BCUT2D eigenvalue weighted by Gasteiger charge is 2.19. The minimum atomic E-state index is -1.36. The summed E-state index contributed by atoms with van der Waals surface area (Å²) in [7, 11) is 0. The fourth-order valence-corrected chi connectivity index (χ4v) is 2.30. The van der Waals surface area contributed by atoms with E-state index < -0.39 is 12.0 Å². The van der Waals surface area contributed by atoms with Crippen LogP contribution in [-0.2, 0) is 11.3 Å². The number of amides is 1. The highest BCUT2D eigenvalue weighted by molar-refractivity contribution is 6.34. The number of nitrogens with one attached hydrogen (secondary N) is 1. The predicted molar refractivity (Wildman–Crippen MR) is 79.2 cm³/mol. The standard InChI is InChI=1S/C14H14Cl2N2O3/c1-7-8(2)21-12(18-7)6-17-14(20)13(19)9-3-10(15)5-11(16)4-9/h3-5,13,19H,6H2,1-2H3,(H,17,20). The van der Waals surface area contributed by atoms with E-state index in [-0.39, 0.29) is 6.54 Å². The summed E-state index contributed by atoms with van der Waals surface area (Å²) in [5.74, 6) is 0.498. The number of rotatable bonds is 4. The second kappa shape index (κ2) is 6.47. The van der Waals surface area contributed by atoms with Crippen molar-refractivity contribution in [3.8, 4) is 0 Å². The first-order valence-electron chi connectivity index (χ1n) is 6.21. The number of carbonyl (C=O) groups is 1. The fraction of sp³-hybridized carbons (Fsp3) is 0.286. The Morgan fingerprint density at radius 2 is 1.95 bits per heavy atom. The van der Waals surface area contributed by atoms with Crippen LogP contribution in [0, 0.1) is 13.8 Å². The van der Waals surface area contributed by atoms with E-state index in [0.717, 1.165) is 5.69 Å². The summed E-state index contributed by atoms with van der Waals surface area (Å²) in [6.45, 7) is 3.70. The molecule has 5 nitrogen and oxygen atoms in total. The zero-order valence-electron chi connectivity index (χ0n) is 11.5. The van der Waals surface area contributed by atoms with Crippen molar-refractivity contribution in [2.24, 2.45) is 0 Å². The Labute approximate surface area is 131 Å². The number of nitrogens with zero attached hydrogens (tertiary/aromatic N) is 1. The highest BCUT2D eigenvalue weighted by atomic mass is 35.5. The molecule has 0 spiro atoms. The minimum absolute atomic E-state index is 0.0961. The Morgan fingerprint density at radius 1 is 1.33 bits per heavy atom. The lowest BCUT2D eigenvalue weighted by atomic mass is 10.1. The van der Waals surface area contributed by atoms with E-state index in [9.17, 15) is 9.90 Å². The molecule has 0 fully saturated rings. The van der Waals surface area contributed by atoms with Crippen LogP contribution in [0.5, 0.6) is 0 Å². The largest absolute Gasteiger partial charge is 0.444 e. The monoisotopic (exact) mass is 328 g/mol. The molecule has 2 aromatic rings. The zero-order valence-corrected chi connectivity index (χ0v) is 13.0. The molecule has 1 amide bonds. The Bertz CT molecular complexity index is 630. The number of halogens is 2. The van der Waals surface area contributed by atoms with Gasteiger partial charge in [-0.3, -0.25) is 4.79 Å². The summed E-state index contributed by atoms with van der Waals surface area (Å²) >= 11 is 11.7. The second-order valence-corrected chi connectivity index (χ2v) is 5.45. The molecule has 1 unspecified atom stereocenters. The Hall–Kier alpha value is -1.56. The number of aliphatic hydroxyl groups is 1. The molecule has 0 bridgehead atoms. The number of hydrogen-bond donors (Lipinski definition) is 2.